The van der Waals surface area contributed by atoms with Crippen molar-refractivity contribution in [1.29, 1.82) is 0 Å². The van der Waals surface area contributed by atoms with Crippen LogP contribution in [0.1, 0.15) is 18.1 Å². The number of nitrogens with one attached hydrogen (secondary N) is 1. The monoisotopic (exact) mass is 419 g/mol. The van der Waals surface area contributed by atoms with E-state index in [9.17, 15) is 17.6 Å². The van der Waals surface area contributed by atoms with Crippen LogP contribution in [0, 0.1) is 5.82 Å². The van der Waals surface area contributed by atoms with Crippen molar-refractivity contribution in [1.82, 2.24) is 14.5 Å². The molecule has 1 N–H and O–H groups in total. The molecule has 1 aliphatic heterocycles. The Kier molecular flexibility index (Phi) is 7.00. The zero-order chi connectivity index (χ0) is 20.9. The van der Waals surface area contributed by atoms with Crippen molar-refractivity contribution in [3.63, 3.8) is 0 Å². The molecule has 6 nitrogen and oxygen atoms in total. The first-order chi connectivity index (χ1) is 13.9. The van der Waals surface area contributed by atoms with Crippen LogP contribution in [0.2, 0.25) is 0 Å². The summed E-state index contributed by atoms with van der Waals surface area (Å²) < 4.78 is 41.0. The van der Waals surface area contributed by atoms with Crippen LogP contribution in [-0.2, 0) is 27.8 Å². The van der Waals surface area contributed by atoms with E-state index in [-0.39, 0.29) is 23.9 Å². The lowest BCUT2D eigenvalue weighted by atomic mass is 10.2. The molecule has 0 radical (unpaired) electrons. The molecule has 1 fully saturated rings. The van der Waals surface area contributed by atoms with E-state index in [2.05, 4.69) is 5.32 Å². The fraction of sp³-hybridized carbons (Fsp3) is 0.381. The molecule has 1 heterocycles. The highest BCUT2D eigenvalue weighted by Crippen LogP contribution is 2.20. The summed E-state index contributed by atoms with van der Waals surface area (Å²) in [5.74, 6) is -0.627. The van der Waals surface area contributed by atoms with Gasteiger partial charge in [-0.1, -0.05) is 31.2 Å². The second-order valence-electron chi connectivity index (χ2n) is 7.03. The quantitative estimate of drug-likeness (QED) is 0.746. The number of halogens is 1. The van der Waals surface area contributed by atoms with Gasteiger partial charge in [-0.2, -0.15) is 4.31 Å². The molecule has 0 bridgehead atoms. The number of rotatable bonds is 7. The number of sulfonamides is 1. The summed E-state index contributed by atoms with van der Waals surface area (Å²) in [7, 11) is -3.89. The lowest BCUT2D eigenvalue weighted by Gasteiger charge is -2.30. The van der Waals surface area contributed by atoms with E-state index in [1.54, 1.807) is 29.2 Å². The van der Waals surface area contributed by atoms with Crippen molar-refractivity contribution >= 4 is 15.9 Å². The molecule has 29 heavy (non-hydrogen) atoms. The molecule has 2 aromatic carbocycles. The van der Waals surface area contributed by atoms with Gasteiger partial charge < -0.3 is 10.2 Å². The molecule has 0 aromatic heterocycles. The second kappa shape index (κ2) is 9.47. The maximum absolute atomic E-state index is 13.3. The summed E-state index contributed by atoms with van der Waals surface area (Å²) in [6, 6.07) is 12.3. The molecule has 156 valence electrons. The lowest BCUT2D eigenvalue weighted by Crippen LogP contribution is -2.50. The van der Waals surface area contributed by atoms with Gasteiger partial charge in [-0.25, -0.2) is 12.8 Å². The van der Waals surface area contributed by atoms with Gasteiger partial charge >= 0.3 is 0 Å². The maximum atomic E-state index is 13.3. The zero-order valence-electron chi connectivity index (χ0n) is 16.5. The third-order valence-corrected chi connectivity index (χ3v) is 6.83. The number of piperazine rings is 1. The summed E-state index contributed by atoms with van der Waals surface area (Å²) in [4.78, 5) is 14.6. The van der Waals surface area contributed by atoms with Crippen LogP contribution in [0.25, 0.3) is 0 Å². The van der Waals surface area contributed by atoms with Crippen LogP contribution in [0.5, 0.6) is 0 Å². The van der Waals surface area contributed by atoms with Crippen LogP contribution in [0.15, 0.2) is 53.4 Å². The van der Waals surface area contributed by atoms with Crippen LogP contribution < -0.4 is 5.32 Å². The van der Waals surface area contributed by atoms with E-state index in [0.717, 1.165) is 12.0 Å². The number of nitrogens with zero attached hydrogens (tertiary/aromatic N) is 2. The summed E-state index contributed by atoms with van der Waals surface area (Å²) in [5.41, 5.74) is 1.65. The minimum absolute atomic E-state index is 0.00400. The summed E-state index contributed by atoms with van der Waals surface area (Å²) in [6.07, 6.45) is 0.807. The Morgan fingerprint density at radius 1 is 1.03 bits per heavy atom. The highest BCUT2D eigenvalue weighted by atomic mass is 32.2. The molecule has 1 aliphatic rings. The van der Waals surface area contributed by atoms with Crippen LogP contribution in [0.4, 0.5) is 4.39 Å². The van der Waals surface area contributed by atoms with Gasteiger partial charge in [0.1, 0.15) is 5.82 Å². The molecule has 0 spiro atoms. The van der Waals surface area contributed by atoms with Gasteiger partial charge in [0.2, 0.25) is 15.9 Å². The average molecular weight is 420 g/mol. The largest absolute Gasteiger partial charge is 0.339 e. The Labute approximate surface area is 171 Å². The van der Waals surface area contributed by atoms with E-state index in [1.807, 2.05) is 6.92 Å². The topological polar surface area (TPSA) is 69.7 Å². The first-order valence-corrected chi connectivity index (χ1v) is 11.2. The molecule has 0 atom stereocenters. The number of aryl methyl sites for hydroxylation is 1. The fourth-order valence-corrected chi connectivity index (χ4v) is 4.61. The smallest absolute Gasteiger partial charge is 0.243 e. The molecule has 8 heteroatoms. The van der Waals surface area contributed by atoms with Crippen molar-refractivity contribution in [3.05, 3.63) is 65.5 Å². The molecule has 3 rings (SSSR count). The minimum atomic E-state index is -3.89. The molecule has 0 saturated carbocycles. The van der Waals surface area contributed by atoms with E-state index in [4.69, 9.17) is 0 Å². The number of benzene rings is 2. The third-order valence-electron chi connectivity index (χ3n) is 5.02. The standard InChI is InChI=1S/C21H26FN3O3S/c1-2-17-5-9-20(10-6-17)29(27,28)25(15-18-3-7-19(22)8-4-18)16-21(26)24-13-11-23-12-14-24/h3-10,23H,2,11-16H2,1H3. The highest BCUT2D eigenvalue weighted by Gasteiger charge is 2.29. The van der Waals surface area contributed by atoms with E-state index < -0.39 is 15.8 Å². The fourth-order valence-electron chi connectivity index (χ4n) is 3.23. The summed E-state index contributed by atoms with van der Waals surface area (Å²) in [5, 5.41) is 3.17. The molecule has 0 aliphatic carbocycles. The van der Waals surface area contributed by atoms with Crippen molar-refractivity contribution < 1.29 is 17.6 Å². The molecule has 1 saturated heterocycles. The number of carbonyl (C=O) groups is 1. The van der Waals surface area contributed by atoms with Crippen LogP contribution in [-0.4, -0.2) is 56.3 Å². The Balaban J connectivity index is 1.87. The number of hydrogen-bond acceptors (Lipinski definition) is 4. The highest BCUT2D eigenvalue weighted by molar-refractivity contribution is 7.89. The van der Waals surface area contributed by atoms with Gasteiger partial charge in [-0.15, -0.1) is 0 Å². The third kappa shape index (κ3) is 5.41. The van der Waals surface area contributed by atoms with Crippen molar-refractivity contribution in [2.24, 2.45) is 0 Å². The van der Waals surface area contributed by atoms with E-state index in [0.29, 0.717) is 31.7 Å². The predicted molar refractivity (Wildman–Crippen MR) is 109 cm³/mol. The SMILES string of the molecule is CCc1ccc(S(=O)(=O)N(CC(=O)N2CCNCC2)Cc2ccc(F)cc2)cc1. The number of amides is 1. The van der Waals surface area contributed by atoms with Crippen molar-refractivity contribution in [2.75, 3.05) is 32.7 Å². The molecule has 2 aromatic rings. The maximum Gasteiger partial charge on any atom is 0.243 e. The second-order valence-corrected chi connectivity index (χ2v) is 8.97. The van der Waals surface area contributed by atoms with Gasteiger partial charge in [0.05, 0.1) is 11.4 Å². The molecular weight excluding hydrogens is 393 g/mol. The van der Waals surface area contributed by atoms with Gasteiger partial charge in [0.15, 0.2) is 0 Å². The van der Waals surface area contributed by atoms with Crippen molar-refractivity contribution in [2.45, 2.75) is 24.8 Å². The van der Waals surface area contributed by atoms with Gasteiger partial charge in [-0.3, -0.25) is 4.79 Å². The Morgan fingerprint density at radius 3 is 2.21 bits per heavy atom. The summed E-state index contributed by atoms with van der Waals surface area (Å²) >= 11 is 0. The lowest BCUT2D eigenvalue weighted by molar-refractivity contribution is -0.132. The molecule has 0 unspecified atom stereocenters. The molecule has 1 amide bonds. The van der Waals surface area contributed by atoms with E-state index in [1.165, 1.54) is 28.6 Å². The number of carbonyl (C=O) groups excluding carboxylic acids is 1. The van der Waals surface area contributed by atoms with E-state index >= 15 is 0 Å². The predicted octanol–water partition coefficient (Wildman–Crippen LogP) is 2.01. The van der Waals surface area contributed by atoms with Gasteiger partial charge in [-0.05, 0) is 41.8 Å². The van der Waals surface area contributed by atoms with Crippen LogP contribution >= 0.6 is 0 Å². The zero-order valence-corrected chi connectivity index (χ0v) is 17.3. The van der Waals surface area contributed by atoms with Crippen molar-refractivity contribution in [3.8, 4) is 0 Å². The Hall–Kier alpha value is -2.29. The Morgan fingerprint density at radius 2 is 1.62 bits per heavy atom. The normalized spacial score (nSPS) is 14.9. The molecular formula is C21H26FN3O3S. The first kappa shape index (κ1) is 21.4. The average Bonchev–Trinajstić information content (AvgIpc) is 2.75. The number of hydrogen-bond donors (Lipinski definition) is 1. The van der Waals surface area contributed by atoms with Gasteiger partial charge in [0.25, 0.3) is 0 Å². The van der Waals surface area contributed by atoms with Gasteiger partial charge in [0, 0.05) is 32.7 Å². The van der Waals surface area contributed by atoms with Crippen LogP contribution in [0.3, 0.4) is 0 Å². The minimum Gasteiger partial charge on any atom is -0.339 e. The summed E-state index contributed by atoms with van der Waals surface area (Å²) in [6.45, 7) is 4.22. The first-order valence-electron chi connectivity index (χ1n) is 9.72. The Bertz CT molecular complexity index is 925.